The molecule has 3 N–H and O–H groups in total. The van der Waals surface area contributed by atoms with E-state index in [-0.39, 0.29) is 23.8 Å². The van der Waals surface area contributed by atoms with Gasteiger partial charge in [-0.25, -0.2) is 4.98 Å². The van der Waals surface area contributed by atoms with E-state index in [4.69, 9.17) is 5.73 Å². The monoisotopic (exact) mass is 541 g/mol. The van der Waals surface area contributed by atoms with Gasteiger partial charge in [-0.15, -0.1) is 0 Å². The van der Waals surface area contributed by atoms with Crippen LogP contribution in [0.15, 0.2) is 72.5 Å². The number of nitrogens with two attached hydrogens (primary N) is 1. The lowest BCUT2D eigenvalue weighted by Gasteiger charge is -2.43. The Bertz CT molecular complexity index is 1270. The van der Waals surface area contributed by atoms with E-state index in [1.807, 2.05) is 41.3 Å². The molecule has 3 heterocycles. The van der Waals surface area contributed by atoms with Crippen molar-refractivity contribution in [3.63, 3.8) is 0 Å². The van der Waals surface area contributed by atoms with E-state index in [1.54, 1.807) is 6.07 Å². The van der Waals surface area contributed by atoms with E-state index in [9.17, 15) is 14.4 Å². The summed E-state index contributed by atoms with van der Waals surface area (Å²) < 4.78 is 0. The zero-order chi connectivity index (χ0) is 28.1. The second-order valence-corrected chi connectivity index (χ2v) is 11.2. The number of carbonyl (C=O) groups excluding carboxylic acids is 3. The summed E-state index contributed by atoms with van der Waals surface area (Å²) >= 11 is 0. The molecule has 2 saturated heterocycles. The van der Waals surface area contributed by atoms with Crippen LogP contribution in [0.5, 0.6) is 0 Å². The predicted molar refractivity (Wildman–Crippen MR) is 156 cm³/mol. The smallest absolute Gasteiger partial charge is 0.250 e. The number of nitrogens with one attached hydrogen (secondary N) is 1. The summed E-state index contributed by atoms with van der Waals surface area (Å²) in [7, 11) is 0. The molecule has 0 spiro atoms. The number of amides is 3. The van der Waals surface area contributed by atoms with Gasteiger partial charge in [0.1, 0.15) is 5.82 Å². The average molecular weight is 542 g/mol. The van der Waals surface area contributed by atoms with Crippen LogP contribution in [-0.4, -0.2) is 59.8 Å². The maximum Gasteiger partial charge on any atom is 0.250 e. The molecule has 0 radical (unpaired) electrons. The molecule has 210 valence electrons. The van der Waals surface area contributed by atoms with Crippen molar-refractivity contribution < 1.29 is 14.4 Å². The van der Waals surface area contributed by atoms with E-state index >= 15 is 0 Å². The van der Waals surface area contributed by atoms with Gasteiger partial charge < -0.3 is 20.9 Å². The topological polar surface area (TPSA) is 109 Å². The first-order valence-electron chi connectivity index (χ1n) is 14.4. The SMILES string of the molecule is C[C@H](NC(=O)C1(c2ccccc2)CCN(C(=O)C2CCN(c3ccc(C(N)=O)cn3)CC2)CC1)C1=CC=CCC1. The summed E-state index contributed by atoms with van der Waals surface area (Å²) in [6.07, 6.45) is 12.5. The van der Waals surface area contributed by atoms with E-state index < -0.39 is 11.3 Å². The molecule has 2 fully saturated rings. The number of anilines is 1. The van der Waals surface area contributed by atoms with Crippen molar-refractivity contribution in [3.05, 3.63) is 83.6 Å². The Hall–Kier alpha value is -3.94. The van der Waals surface area contributed by atoms with Crippen molar-refractivity contribution in [2.75, 3.05) is 31.1 Å². The van der Waals surface area contributed by atoms with Gasteiger partial charge in [0.05, 0.1) is 11.0 Å². The summed E-state index contributed by atoms with van der Waals surface area (Å²) in [5.41, 5.74) is 7.33. The third-order valence-corrected chi connectivity index (χ3v) is 8.84. The van der Waals surface area contributed by atoms with E-state index in [0.29, 0.717) is 31.5 Å². The molecule has 2 aliphatic heterocycles. The number of benzene rings is 1. The van der Waals surface area contributed by atoms with Crippen LogP contribution in [0.1, 0.15) is 61.4 Å². The first-order chi connectivity index (χ1) is 19.4. The number of primary amides is 1. The van der Waals surface area contributed by atoms with E-state index in [0.717, 1.165) is 50.2 Å². The Balaban J connectivity index is 1.21. The van der Waals surface area contributed by atoms with Gasteiger partial charge in [-0.05, 0) is 68.7 Å². The Morgan fingerprint density at radius 1 is 1.02 bits per heavy atom. The van der Waals surface area contributed by atoms with Crippen molar-refractivity contribution in [2.24, 2.45) is 11.7 Å². The molecule has 1 aromatic carbocycles. The van der Waals surface area contributed by atoms with Crippen molar-refractivity contribution in [1.29, 1.82) is 0 Å². The minimum absolute atomic E-state index is 0.0237. The number of rotatable bonds is 7. The molecule has 8 heteroatoms. The largest absolute Gasteiger partial charge is 0.366 e. The number of aromatic nitrogens is 1. The van der Waals surface area contributed by atoms with Crippen molar-refractivity contribution in [1.82, 2.24) is 15.2 Å². The molecule has 0 bridgehead atoms. The molecule has 40 heavy (non-hydrogen) atoms. The van der Waals surface area contributed by atoms with Crippen molar-refractivity contribution in [2.45, 2.75) is 56.9 Å². The number of carbonyl (C=O) groups is 3. The molecule has 0 saturated carbocycles. The number of allylic oxidation sites excluding steroid dienone is 3. The summed E-state index contributed by atoms with van der Waals surface area (Å²) in [6, 6.07) is 13.5. The van der Waals surface area contributed by atoms with E-state index in [1.165, 1.54) is 11.8 Å². The van der Waals surface area contributed by atoms with Gasteiger partial charge in [-0.3, -0.25) is 14.4 Å². The highest BCUT2D eigenvalue weighted by Gasteiger charge is 2.45. The Labute approximate surface area is 236 Å². The number of likely N-dealkylation sites (tertiary alicyclic amines) is 1. The second-order valence-electron chi connectivity index (χ2n) is 11.2. The minimum Gasteiger partial charge on any atom is -0.366 e. The molecular weight excluding hydrogens is 502 g/mol. The van der Waals surface area contributed by atoms with Gasteiger partial charge in [0.25, 0.3) is 0 Å². The first kappa shape index (κ1) is 27.6. The van der Waals surface area contributed by atoms with Gasteiger partial charge >= 0.3 is 0 Å². The highest BCUT2D eigenvalue weighted by atomic mass is 16.2. The van der Waals surface area contributed by atoms with Crippen LogP contribution in [-0.2, 0) is 15.0 Å². The molecule has 5 rings (SSSR count). The number of hydrogen-bond donors (Lipinski definition) is 2. The standard InChI is InChI=1S/C32H39N5O3/c1-23(24-8-4-2-5-9-24)35-31(40)32(27-10-6-3-7-11-27)16-20-37(21-17-32)30(39)25-14-18-36(19-15-25)28-13-12-26(22-34-28)29(33)38/h2-4,6-8,10-13,22-23,25H,5,9,14-21H2,1H3,(H2,33,38)(H,35,40)/t23-/m0/s1. The maximum absolute atomic E-state index is 13.9. The molecule has 1 aromatic heterocycles. The summed E-state index contributed by atoms with van der Waals surface area (Å²) in [4.78, 5) is 47.2. The zero-order valence-corrected chi connectivity index (χ0v) is 23.2. The number of nitrogens with zero attached hydrogens (tertiary/aromatic N) is 3. The highest BCUT2D eigenvalue weighted by Crippen LogP contribution is 2.37. The van der Waals surface area contributed by atoms with Gasteiger partial charge in [0.15, 0.2) is 0 Å². The van der Waals surface area contributed by atoms with Gasteiger partial charge in [-0.2, -0.15) is 0 Å². The quantitative estimate of drug-likeness (QED) is 0.555. The normalized spacial score (nSPS) is 20.0. The lowest BCUT2D eigenvalue weighted by atomic mass is 9.71. The Kier molecular flexibility index (Phi) is 8.33. The number of hydrogen-bond acceptors (Lipinski definition) is 5. The maximum atomic E-state index is 13.9. The lowest BCUT2D eigenvalue weighted by Crippen LogP contribution is -2.55. The van der Waals surface area contributed by atoms with Crippen LogP contribution in [0, 0.1) is 5.92 Å². The average Bonchev–Trinajstić information content (AvgIpc) is 3.01. The van der Waals surface area contributed by atoms with Crippen LogP contribution in [0.2, 0.25) is 0 Å². The van der Waals surface area contributed by atoms with Gasteiger partial charge in [0.2, 0.25) is 17.7 Å². The van der Waals surface area contributed by atoms with Gasteiger partial charge in [-0.1, -0.05) is 48.6 Å². The highest BCUT2D eigenvalue weighted by molar-refractivity contribution is 5.92. The fourth-order valence-electron chi connectivity index (χ4n) is 6.25. The molecule has 0 unspecified atom stereocenters. The van der Waals surface area contributed by atoms with Crippen LogP contribution < -0.4 is 16.0 Å². The molecule has 3 amide bonds. The lowest BCUT2D eigenvalue weighted by molar-refractivity contribution is -0.140. The van der Waals surface area contributed by atoms with Crippen LogP contribution in [0.25, 0.3) is 0 Å². The zero-order valence-electron chi connectivity index (χ0n) is 23.2. The predicted octanol–water partition coefficient (Wildman–Crippen LogP) is 3.74. The summed E-state index contributed by atoms with van der Waals surface area (Å²) in [5, 5.41) is 3.31. The van der Waals surface area contributed by atoms with Gasteiger partial charge in [0, 0.05) is 44.3 Å². The first-order valence-corrected chi connectivity index (χ1v) is 14.4. The van der Waals surface area contributed by atoms with E-state index in [2.05, 4.69) is 40.4 Å². The summed E-state index contributed by atoms with van der Waals surface area (Å²) in [6.45, 7) is 4.65. The fourth-order valence-corrected chi connectivity index (χ4v) is 6.25. The Morgan fingerprint density at radius 2 is 1.75 bits per heavy atom. The molecule has 1 atom stereocenters. The molecular formula is C32H39N5O3. The van der Waals surface area contributed by atoms with Crippen molar-refractivity contribution in [3.8, 4) is 0 Å². The third kappa shape index (κ3) is 5.81. The number of piperidine rings is 2. The third-order valence-electron chi connectivity index (χ3n) is 8.84. The summed E-state index contributed by atoms with van der Waals surface area (Å²) in [5.74, 6) is 0.502. The van der Waals surface area contributed by atoms with Crippen LogP contribution in [0.4, 0.5) is 5.82 Å². The molecule has 2 aromatic rings. The Morgan fingerprint density at radius 3 is 2.35 bits per heavy atom. The molecule has 1 aliphatic carbocycles. The van der Waals surface area contributed by atoms with Crippen LogP contribution in [0.3, 0.4) is 0 Å². The van der Waals surface area contributed by atoms with Crippen molar-refractivity contribution >= 4 is 23.5 Å². The van der Waals surface area contributed by atoms with Crippen LogP contribution >= 0.6 is 0 Å². The minimum atomic E-state index is -0.649. The molecule has 8 nitrogen and oxygen atoms in total. The number of pyridine rings is 1. The second kappa shape index (κ2) is 12.1. The fraction of sp³-hybridized carbons (Fsp3) is 0.438. The molecule has 3 aliphatic rings.